The maximum absolute atomic E-state index is 13.7. The summed E-state index contributed by atoms with van der Waals surface area (Å²) < 4.78 is 13.7. The molecule has 1 aliphatic carbocycles. The minimum Gasteiger partial charge on any atom is -0.370 e. The molecule has 0 radical (unpaired) electrons. The van der Waals surface area contributed by atoms with E-state index in [4.69, 9.17) is 0 Å². The number of amides is 2. The summed E-state index contributed by atoms with van der Waals surface area (Å²) in [5, 5.41) is 3.25. The first-order valence-corrected chi connectivity index (χ1v) is 10.7. The maximum Gasteiger partial charge on any atom is 0.257 e. The lowest BCUT2D eigenvalue weighted by Gasteiger charge is -2.26. The number of halogens is 1. The van der Waals surface area contributed by atoms with Gasteiger partial charge in [0.25, 0.3) is 5.91 Å². The minimum absolute atomic E-state index is 0.00525. The fourth-order valence-corrected chi connectivity index (χ4v) is 4.64. The van der Waals surface area contributed by atoms with Gasteiger partial charge in [-0.25, -0.2) is 9.29 Å². The fraction of sp³-hybridized carbons (Fsp3) is 0.240. The van der Waals surface area contributed by atoms with E-state index in [1.807, 2.05) is 41.3 Å². The number of benzene rings is 2. The van der Waals surface area contributed by atoms with Crippen LogP contribution in [0.15, 0.2) is 71.6 Å². The molecule has 2 aromatic carbocycles. The Morgan fingerprint density at radius 2 is 1.81 bits per heavy atom. The molecule has 1 unspecified atom stereocenters. The second-order valence-corrected chi connectivity index (χ2v) is 8.12. The molecule has 3 aliphatic rings. The summed E-state index contributed by atoms with van der Waals surface area (Å²) in [6.07, 6.45) is 3.12. The normalized spacial score (nSPS) is 24.7. The molecule has 0 bridgehead atoms. The Kier molecular flexibility index (Phi) is 5.09. The summed E-state index contributed by atoms with van der Waals surface area (Å²) in [5.74, 6) is -0.663. The van der Waals surface area contributed by atoms with Gasteiger partial charge in [-0.05, 0) is 42.7 Å². The first-order valence-electron chi connectivity index (χ1n) is 10.7. The number of carbonyl (C=O) groups is 3. The monoisotopic (exact) mass is 431 g/mol. The average molecular weight is 431 g/mol. The molecule has 1 saturated carbocycles. The maximum atomic E-state index is 13.7. The standard InChI is InChI=1S/C25H22FN3O3/c26-18-7-4-8-19(14-18)29-22(30)15-21(25(29)32)28-12-11-27-24(28)20-10-9-17(23(20)31)13-16-5-2-1-3-6-16/h1-8,13-14,21,27H,9-12,15H2/b17-13?,24-20+. The van der Waals surface area contributed by atoms with E-state index in [9.17, 15) is 18.8 Å². The number of nitrogens with one attached hydrogen (secondary N) is 1. The van der Waals surface area contributed by atoms with Crippen LogP contribution in [0.3, 0.4) is 0 Å². The number of hydrogen-bond acceptors (Lipinski definition) is 5. The molecule has 6 nitrogen and oxygen atoms in total. The van der Waals surface area contributed by atoms with Crippen molar-refractivity contribution in [3.63, 3.8) is 0 Å². The molecule has 3 fully saturated rings. The third kappa shape index (κ3) is 3.49. The zero-order valence-corrected chi connectivity index (χ0v) is 17.4. The molecule has 7 heteroatoms. The van der Waals surface area contributed by atoms with Gasteiger partial charge in [0.2, 0.25) is 5.91 Å². The van der Waals surface area contributed by atoms with Crippen molar-refractivity contribution in [1.29, 1.82) is 0 Å². The molecule has 2 amide bonds. The highest BCUT2D eigenvalue weighted by Gasteiger charge is 2.45. The molecule has 32 heavy (non-hydrogen) atoms. The van der Waals surface area contributed by atoms with E-state index in [0.717, 1.165) is 16.0 Å². The topological polar surface area (TPSA) is 69.7 Å². The Morgan fingerprint density at radius 3 is 2.59 bits per heavy atom. The third-order valence-electron chi connectivity index (χ3n) is 6.13. The van der Waals surface area contributed by atoms with Crippen molar-refractivity contribution in [3.8, 4) is 0 Å². The van der Waals surface area contributed by atoms with Crippen LogP contribution in [-0.4, -0.2) is 41.6 Å². The summed E-state index contributed by atoms with van der Waals surface area (Å²) in [7, 11) is 0. The van der Waals surface area contributed by atoms with Crippen LogP contribution < -0.4 is 10.2 Å². The van der Waals surface area contributed by atoms with Crippen LogP contribution in [0.4, 0.5) is 10.1 Å². The van der Waals surface area contributed by atoms with Crippen LogP contribution in [0, 0.1) is 5.82 Å². The number of nitrogens with zero attached hydrogens (tertiary/aromatic N) is 2. The molecule has 2 saturated heterocycles. The van der Waals surface area contributed by atoms with E-state index in [1.54, 1.807) is 6.07 Å². The number of imide groups is 1. The van der Waals surface area contributed by atoms with E-state index in [0.29, 0.717) is 37.3 Å². The average Bonchev–Trinajstić information content (AvgIpc) is 3.47. The van der Waals surface area contributed by atoms with Crippen LogP contribution in [0.2, 0.25) is 0 Å². The molecule has 2 aliphatic heterocycles. The molecular weight excluding hydrogens is 409 g/mol. The quantitative estimate of drug-likeness (QED) is 0.598. The van der Waals surface area contributed by atoms with Crippen LogP contribution in [0.1, 0.15) is 24.8 Å². The highest BCUT2D eigenvalue weighted by Crippen LogP contribution is 2.34. The third-order valence-corrected chi connectivity index (χ3v) is 6.13. The molecule has 1 atom stereocenters. The number of carbonyl (C=O) groups excluding carboxylic acids is 3. The lowest BCUT2D eigenvalue weighted by molar-refractivity contribution is -0.122. The lowest BCUT2D eigenvalue weighted by Crippen LogP contribution is -2.41. The van der Waals surface area contributed by atoms with Gasteiger partial charge < -0.3 is 10.2 Å². The van der Waals surface area contributed by atoms with Gasteiger partial charge in [0.05, 0.1) is 12.1 Å². The molecule has 162 valence electrons. The van der Waals surface area contributed by atoms with Crippen molar-refractivity contribution in [3.05, 3.63) is 82.9 Å². The van der Waals surface area contributed by atoms with E-state index in [1.165, 1.54) is 18.2 Å². The number of Topliss-reactive ketones (excluding diaryl/α,β-unsaturated/α-hetero) is 1. The van der Waals surface area contributed by atoms with Crippen molar-refractivity contribution in [2.45, 2.75) is 25.3 Å². The van der Waals surface area contributed by atoms with Crippen molar-refractivity contribution >= 4 is 29.4 Å². The smallest absolute Gasteiger partial charge is 0.257 e. The molecular formula is C25H22FN3O3. The second-order valence-electron chi connectivity index (χ2n) is 8.12. The van der Waals surface area contributed by atoms with Gasteiger partial charge in [0.1, 0.15) is 17.7 Å². The van der Waals surface area contributed by atoms with Gasteiger partial charge in [-0.2, -0.15) is 0 Å². The zero-order chi connectivity index (χ0) is 22.2. The Bertz CT molecular complexity index is 1170. The fourth-order valence-electron chi connectivity index (χ4n) is 4.64. The van der Waals surface area contributed by atoms with Gasteiger partial charge in [-0.15, -0.1) is 0 Å². The van der Waals surface area contributed by atoms with Gasteiger partial charge in [-0.3, -0.25) is 14.4 Å². The van der Waals surface area contributed by atoms with Crippen molar-refractivity contribution in [2.75, 3.05) is 18.0 Å². The number of rotatable bonds is 3. The van der Waals surface area contributed by atoms with Gasteiger partial charge in [-0.1, -0.05) is 36.4 Å². The van der Waals surface area contributed by atoms with E-state index in [-0.39, 0.29) is 23.8 Å². The van der Waals surface area contributed by atoms with Crippen LogP contribution in [-0.2, 0) is 14.4 Å². The Morgan fingerprint density at radius 1 is 1.00 bits per heavy atom. The predicted octanol–water partition coefficient (Wildman–Crippen LogP) is 3.02. The highest BCUT2D eigenvalue weighted by atomic mass is 19.1. The van der Waals surface area contributed by atoms with Gasteiger partial charge >= 0.3 is 0 Å². The minimum atomic E-state index is -0.710. The van der Waals surface area contributed by atoms with Crippen LogP contribution >= 0.6 is 0 Å². The van der Waals surface area contributed by atoms with E-state index in [2.05, 4.69) is 5.32 Å². The summed E-state index contributed by atoms with van der Waals surface area (Å²) >= 11 is 0. The Balaban J connectivity index is 1.42. The van der Waals surface area contributed by atoms with Crippen molar-refractivity contribution in [1.82, 2.24) is 10.2 Å². The summed E-state index contributed by atoms with van der Waals surface area (Å²) in [6.45, 7) is 1.10. The molecule has 1 N–H and O–H groups in total. The highest BCUT2D eigenvalue weighted by molar-refractivity contribution is 6.22. The van der Waals surface area contributed by atoms with E-state index < -0.39 is 17.8 Å². The summed E-state index contributed by atoms with van der Waals surface area (Å²) in [4.78, 5) is 41.8. The predicted molar refractivity (Wildman–Crippen MR) is 118 cm³/mol. The van der Waals surface area contributed by atoms with Crippen LogP contribution in [0.5, 0.6) is 0 Å². The SMILES string of the molecule is O=C1C(=Cc2ccccc2)CC/C1=C1/NCCN1C1CC(=O)N(c2cccc(F)c2)C1=O. The molecule has 2 heterocycles. The van der Waals surface area contributed by atoms with Crippen LogP contribution in [0.25, 0.3) is 6.08 Å². The first-order chi connectivity index (χ1) is 15.5. The van der Waals surface area contributed by atoms with Crippen molar-refractivity contribution in [2.24, 2.45) is 0 Å². The largest absolute Gasteiger partial charge is 0.370 e. The van der Waals surface area contributed by atoms with Crippen molar-refractivity contribution < 1.29 is 18.8 Å². The van der Waals surface area contributed by atoms with Gasteiger partial charge in [0, 0.05) is 24.2 Å². The number of anilines is 1. The lowest BCUT2D eigenvalue weighted by atomic mass is 10.1. The number of ketones is 1. The Labute approximate surface area is 185 Å². The Hall–Kier alpha value is -3.74. The number of allylic oxidation sites excluding steroid dienone is 2. The summed E-state index contributed by atoms with van der Waals surface area (Å²) in [6, 6.07) is 14.5. The molecule has 5 rings (SSSR count). The number of hydrogen-bond donors (Lipinski definition) is 1. The zero-order valence-electron chi connectivity index (χ0n) is 17.4. The molecule has 0 spiro atoms. The molecule has 2 aromatic rings. The molecule has 0 aromatic heterocycles. The van der Waals surface area contributed by atoms with Gasteiger partial charge in [0.15, 0.2) is 5.78 Å². The van der Waals surface area contributed by atoms with E-state index >= 15 is 0 Å². The summed E-state index contributed by atoms with van der Waals surface area (Å²) in [5.41, 5.74) is 2.59. The second kappa shape index (κ2) is 8.07. The first kappa shape index (κ1) is 20.2.